The highest BCUT2D eigenvalue weighted by molar-refractivity contribution is 7.47. The van der Waals surface area contributed by atoms with Crippen LogP contribution in [0, 0.1) is 0 Å². The van der Waals surface area contributed by atoms with Crippen molar-refractivity contribution in [2.45, 2.75) is 200 Å². The lowest BCUT2D eigenvalue weighted by atomic mass is 10.1. The fraction of sp³-hybridized carbons (Fsp3) is 0.696. The minimum Gasteiger partial charge on any atom is -0.457 e. The number of nitrogens with zero attached hydrogens (tertiary/aromatic N) is 1. The zero-order valence-corrected chi connectivity index (χ0v) is 43.3. The highest BCUT2D eigenvalue weighted by Crippen LogP contribution is 2.43. The van der Waals surface area contributed by atoms with Crippen molar-refractivity contribution in [1.29, 1.82) is 0 Å². The third-order valence-corrected chi connectivity index (χ3v) is 11.6. The quantitative estimate of drug-likeness (QED) is 0.0214. The van der Waals surface area contributed by atoms with E-state index in [-0.39, 0.29) is 32.2 Å². The van der Waals surface area contributed by atoms with Crippen molar-refractivity contribution in [3.05, 3.63) is 97.2 Å². The Labute approximate surface area is 400 Å². The minimum absolute atomic E-state index is 0.0751. The van der Waals surface area contributed by atoms with E-state index in [0.717, 1.165) is 83.5 Å². The summed E-state index contributed by atoms with van der Waals surface area (Å²) in [5, 5.41) is 0. The standard InChI is InChI=1S/C56H98NO7P/c1-6-8-10-12-14-16-18-20-22-24-26-27-28-29-30-32-34-36-38-40-42-44-46-48-51-61-53-55(54-63-65(59,60)62-52-50-57(3,4)5)64-56(58)49-47-45-43-41-39-37-35-33-31-25-23-21-19-17-15-13-11-9-7-2/h9,11,15,17-18,20-21,23-24,26,28-29,31,33,37,39,55H,6-8,10,12-14,16,19,22,25,27,30,32,34-36,38,40-54H2,1-5H3/p+1/b11-9-,17-15-,20-18-,23-21-,26-24-,29-28-,33-31-,39-37-. The molecular weight excluding hydrogens is 830 g/mol. The zero-order chi connectivity index (χ0) is 47.6. The third-order valence-electron chi connectivity index (χ3n) is 10.6. The smallest absolute Gasteiger partial charge is 0.457 e. The van der Waals surface area contributed by atoms with Crippen molar-refractivity contribution in [2.24, 2.45) is 0 Å². The van der Waals surface area contributed by atoms with Gasteiger partial charge in [-0.15, -0.1) is 0 Å². The number of esters is 1. The molecule has 0 amide bonds. The molecule has 0 rings (SSSR count). The molecule has 0 spiro atoms. The molecule has 65 heavy (non-hydrogen) atoms. The van der Waals surface area contributed by atoms with E-state index in [9.17, 15) is 14.3 Å². The number of carbonyl (C=O) groups is 1. The Morgan fingerprint density at radius 3 is 1.34 bits per heavy atom. The molecule has 9 heteroatoms. The average Bonchev–Trinajstić information content (AvgIpc) is 3.27. The van der Waals surface area contributed by atoms with Crippen molar-refractivity contribution in [3.8, 4) is 0 Å². The second-order valence-electron chi connectivity index (χ2n) is 18.2. The lowest BCUT2D eigenvalue weighted by Gasteiger charge is -2.24. The Hall–Kier alpha value is -2.58. The average molecular weight is 929 g/mol. The topological polar surface area (TPSA) is 91.3 Å². The van der Waals surface area contributed by atoms with E-state index < -0.39 is 13.9 Å². The van der Waals surface area contributed by atoms with Crippen LogP contribution in [0.15, 0.2) is 97.2 Å². The van der Waals surface area contributed by atoms with Gasteiger partial charge in [-0.2, -0.15) is 0 Å². The van der Waals surface area contributed by atoms with Crippen molar-refractivity contribution in [2.75, 3.05) is 54.1 Å². The molecule has 0 aliphatic heterocycles. The number of hydrogen-bond donors (Lipinski definition) is 1. The van der Waals surface area contributed by atoms with Crippen molar-refractivity contribution in [1.82, 2.24) is 0 Å². The highest BCUT2D eigenvalue weighted by Gasteiger charge is 2.26. The Morgan fingerprint density at radius 2 is 0.892 bits per heavy atom. The first-order valence-corrected chi connectivity index (χ1v) is 27.5. The molecule has 0 heterocycles. The van der Waals surface area contributed by atoms with E-state index in [2.05, 4.69) is 111 Å². The van der Waals surface area contributed by atoms with Crippen LogP contribution >= 0.6 is 7.82 Å². The van der Waals surface area contributed by atoms with Crippen molar-refractivity contribution in [3.63, 3.8) is 0 Å². The first kappa shape index (κ1) is 62.4. The number of unbranched alkanes of at least 4 members (excludes halogenated alkanes) is 17. The number of likely N-dealkylation sites (N-methyl/N-ethyl adjacent to an activating group) is 1. The van der Waals surface area contributed by atoms with Crippen LogP contribution in [0.3, 0.4) is 0 Å². The molecule has 0 aliphatic rings. The number of quaternary nitrogens is 1. The van der Waals surface area contributed by atoms with E-state index in [1.54, 1.807) is 0 Å². The van der Waals surface area contributed by atoms with Crippen molar-refractivity contribution >= 4 is 13.8 Å². The monoisotopic (exact) mass is 929 g/mol. The van der Waals surface area contributed by atoms with Gasteiger partial charge in [0.15, 0.2) is 0 Å². The molecule has 1 N–H and O–H groups in total. The van der Waals surface area contributed by atoms with E-state index in [4.69, 9.17) is 18.5 Å². The Balaban J connectivity index is 4.23. The predicted molar refractivity (Wildman–Crippen MR) is 279 cm³/mol. The predicted octanol–water partition coefficient (Wildman–Crippen LogP) is 16.2. The molecule has 2 atom stereocenters. The Bertz CT molecular complexity index is 1360. The molecular formula is C56H99NO7P+. The normalized spacial score (nSPS) is 14.4. The first-order chi connectivity index (χ1) is 31.6. The Kier molecular flexibility index (Phi) is 46.0. The molecule has 374 valence electrons. The SMILES string of the molecule is CC/C=C\C/C=C\C/C=C\C/C=C\C/C=C\CCCCCC(=O)OC(COCCCCCCCCCCC/C=C\C/C=C\C/C=C\CCCCCCC)COP(=O)(O)OCC[N+](C)(C)C. The van der Waals surface area contributed by atoms with E-state index in [0.29, 0.717) is 17.6 Å². The van der Waals surface area contributed by atoms with Crippen LogP contribution in [0.4, 0.5) is 0 Å². The highest BCUT2D eigenvalue weighted by atomic mass is 31.2. The second kappa shape index (κ2) is 47.9. The molecule has 0 aromatic rings. The summed E-state index contributed by atoms with van der Waals surface area (Å²) in [6.45, 7) is 5.42. The summed E-state index contributed by atoms with van der Waals surface area (Å²) < 4.78 is 35.1. The van der Waals surface area contributed by atoms with Crippen LogP contribution in [0.1, 0.15) is 194 Å². The van der Waals surface area contributed by atoms with Gasteiger partial charge in [0.25, 0.3) is 0 Å². The number of ether oxygens (including phenoxy) is 2. The summed E-state index contributed by atoms with van der Waals surface area (Å²) in [4.78, 5) is 23.0. The maximum atomic E-state index is 12.8. The van der Waals surface area contributed by atoms with Crippen molar-refractivity contribution < 1.29 is 37.3 Å². The fourth-order valence-electron chi connectivity index (χ4n) is 6.64. The molecule has 0 fully saturated rings. The first-order valence-electron chi connectivity index (χ1n) is 26.0. The van der Waals surface area contributed by atoms with Crippen LogP contribution < -0.4 is 0 Å². The molecule has 0 aromatic heterocycles. The number of phosphoric ester groups is 1. The Morgan fingerprint density at radius 1 is 0.492 bits per heavy atom. The maximum Gasteiger partial charge on any atom is 0.472 e. The number of hydrogen-bond acceptors (Lipinski definition) is 6. The van der Waals surface area contributed by atoms with E-state index >= 15 is 0 Å². The molecule has 0 saturated carbocycles. The van der Waals surface area contributed by atoms with Gasteiger partial charge in [0.1, 0.15) is 19.3 Å². The fourth-order valence-corrected chi connectivity index (χ4v) is 7.39. The van der Waals surface area contributed by atoms with Gasteiger partial charge in [0, 0.05) is 13.0 Å². The molecule has 0 aliphatic carbocycles. The van der Waals surface area contributed by atoms with Gasteiger partial charge in [-0.25, -0.2) is 4.57 Å². The van der Waals surface area contributed by atoms with E-state index in [1.165, 1.54) is 89.9 Å². The molecule has 8 nitrogen and oxygen atoms in total. The van der Waals surface area contributed by atoms with Gasteiger partial charge in [0.2, 0.25) is 0 Å². The molecule has 0 aromatic carbocycles. The van der Waals surface area contributed by atoms with Gasteiger partial charge >= 0.3 is 13.8 Å². The lowest BCUT2D eigenvalue weighted by molar-refractivity contribution is -0.870. The second-order valence-corrected chi connectivity index (χ2v) is 19.6. The summed E-state index contributed by atoms with van der Waals surface area (Å²) in [5.74, 6) is -0.349. The van der Waals surface area contributed by atoms with Gasteiger partial charge < -0.3 is 18.9 Å². The summed E-state index contributed by atoms with van der Waals surface area (Å²) in [6, 6.07) is 0. The van der Waals surface area contributed by atoms with Gasteiger partial charge in [-0.3, -0.25) is 13.8 Å². The molecule has 2 unspecified atom stereocenters. The van der Waals surface area contributed by atoms with Crippen LogP contribution in [0.2, 0.25) is 0 Å². The summed E-state index contributed by atoms with van der Waals surface area (Å²) in [6.07, 6.45) is 66.0. The third kappa shape index (κ3) is 52.3. The number of phosphoric acid groups is 1. The molecule has 0 saturated heterocycles. The van der Waals surface area contributed by atoms with E-state index in [1.807, 2.05) is 21.1 Å². The van der Waals surface area contributed by atoms with Gasteiger partial charge in [-0.1, -0.05) is 188 Å². The molecule has 0 radical (unpaired) electrons. The number of carbonyl (C=O) groups excluding carboxylic acids is 1. The van der Waals surface area contributed by atoms with Gasteiger partial charge in [-0.05, 0) is 96.3 Å². The summed E-state index contributed by atoms with van der Waals surface area (Å²) >= 11 is 0. The number of rotatable bonds is 47. The zero-order valence-electron chi connectivity index (χ0n) is 42.4. The summed E-state index contributed by atoms with van der Waals surface area (Å²) in [7, 11) is 1.63. The maximum absolute atomic E-state index is 12.8. The number of allylic oxidation sites excluding steroid dienone is 16. The van der Waals surface area contributed by atoms with Crippen LogP contribution in [0.25, 0.3) is 0 Å². The van der Waals surface area contributed by atoms with Gasteiger partial charge in [0.05, 0.1) is 34.4 Å². The van der Waals surface area contributed by atoms with Crippen LogP contribution in [-0.2, 0) is 27.9 Å². The largest absolute Gasteiger partial charge is 0.472 e. The van der Waals surface area contributed by atoms with Crippen LogP contribution in [-0.4, -0.2) is 75.6 Å². The van der Waals surface area contributed by atoms with Crippen LogP contribution in [0.5, 0.6) is 0 Å². The molecule has 0 bridgehead atoms. The lowest BCUT2D eigenvalue weighted by Crippen LogP contribution is -2.37. The minimum atomic E-state index is -4.30. The summed E-state index contributed by atoms with van der Waals surface area (Å²) in [5.41, 5.74) is 0.